The summed E-state index contributed by atoms with van der Waals surface area (Å²) >= 11 is 6.17. The van der Waals surface area contributed by atoms with Crippen molar-refractivity contribution in [1.29, 1.82) is 0 Å². The van der Waals surface area contributed by atoms with E-state index in [4.69, 9.17) is 21.1 Å². The average molecular weight is 426 g/mol. The molecule has 0 spiro atoms. The molecule has 0 atom stereocenters. The number of carbonyl (C=O) groups is 1. The van der Waals surface area contributed by atoms with Crippen LogP contribution in [0.2, 0.25) is 5.02 Å². The molecule has 0 aliphatic rings. The molecule has 1 N–H and O–H groups in total. The van der Waals surface area contributed by atoms with Crippen molar-refractivity contribution in [3.8, 4) is 11.5 Å². The van der Waals surface area contributed by atoms with Gasteiger partial charge in [-0.2, -0.15) is 5.10 Å². The Labute approximate surface area is 178 Å². The number of ether oxygens (including phenoxy) is 2. The van der Waals surface area contributed by atoms with Crippen LogP contribution in [0.3, 0.4) is 0 Å². The molecule has 0 saturated heterocycles. The summed E-state index contributed by atoms with van der Waals surface area (Å²) in [5.74, 6) is 0.566. The zero-order chi connectivity index (χ0) is 21.5. The van der Waals surface area contributed by atoms with Crippen molar-refractivity contribution in [3.05, 3.63) is 92.9 Å². The van der Waals surface area contributed by atoms with E-state index in [1.165, 1.54) is 24.0 Å². The van der Waals surface area contributed by atoms with Gasteiger partial charge in [-0.25, -0.2) is 5.43 Å². The Hall–Kier alpha value is -3.58. The Morgan fingerprint density at radius 2 is 1.93 bits per heavy atom. The number of carbonyl (C=O) groups excluding carboxylic acids is 1. The number of nitrogens with zero attached hydrogens (tertiary/aromatic N) is 2. The van der Waals surface area contributed by atoms with E-state index in [9.17, 15) is 9.59 Å². The molecule has 7 nitrogen and oxygen atoms in total. The molecule has 0 bridgehead atoms. The lowest BCUT2D eigenvalue weighted by Crippen LogP contribution is -2.31. The van der Waals surface area contributed by atoms with Crippen molar-refractivity contribution in [3.63, 3.8) is 0 Å². The minimum Gasteiger partial charge on any atom is -0.497 e. The summed E-state index contributed by atoms with van der Waals surface area (Å²) in [6, 6.07) is 15.5. The summed E-state index contributed by atoms with van der Waals surface area (Å²) in [5, 5.41) is 4.49. The molecule has 1 aromatic heterocycles. The SMILES string of the molecule is COc1ccc(OC)c(/C=N\NC(=O)c2cccn(Cc3ccccc3Cl)c2=O)c1. The maximum atomic E-state index is 12.7. The second-order valence-corrected chi connectivity index (χ2v) is 6.66. The molecule has 3 aromatic rings. The molecular weight excluding hydrogens is 406 g/mol. The minimum atomic E-state index is -0.619. The lowest BCUT2D eigenvalue weighted by molar-refractivity contribution is 0.0953. The molecular formula is C22H20ClN3O4. The Morgan fingerprint density at radius 3 is 2.67 bits per heavy atom. The van der Waals surface area contributed by atoms with E-state index in [2.05, 4.69) is 10.5 Å². The Morgan fingerprint density at radius 1 is 1.13 bits per heavy atom. The smallest absolute Gasteiger partial charge is 0.276 e. The van der Waals surface area contributed by atoms with Crippen LogP contribution in [0.25, 0.3) is 0 Å². The number of pyridine rings is 1. The summed E-state index contributed by atoms with van der Waals surface area (Å²) in [6.07, 6.45) is 3.03. The second kappa shape index (κ2) is 9.76. The van der Waals surface area contributed by atoms with Crippen LogP contribution >= 0.6 is 11.6 Å². The lowest BCUT2D eigenvalue weighted by Gasteiger charge is -2.09. The van der Waals surface area contributed by atoms with Crippen LogP contribution in [0.1, 0.15) is 21.5 Å². The number of hydrazone groups is 1. The largest absolute Gasteiger partial charge is 0.497 e. The number of rotatable bonds is 7. The average Bonchev–Trinajstić information content (AvgIpc) is 2.76. The standard InChI is InChI=1S/C22H20ClN3O4/c1-29-17-9-10-20(30-2)16(12-17)13-24-25-21(27)18-7-5-11-26(22(18)28)14-15-6-3-4-8-19(15)23/h3-13H,14H2,1-2H3,(H,25,27)/b24-13-. The summed E-state index contributed by atoms with van der Waals surface area (Å²) in [5.41, 5.74) is 3.30. The molecule has 154 valence electrons. The highest BCUT2D eigenvalue weighted by atomic mass is 35.5. The highest BCUT2D eigenvalue weighted by Crippen LogP contribution is 2.22. The van der Waals surface area contributed by atoms with Crippen molar-refractivity contribution in [1.82, 2.24) is 9.99 Å². The number of amides is 1. The first kappa shape index (κ1) is 21.1. The molecule has 3 rings (SSSR count). The highest BCUT2D eigenvalue weighted by molar-refractivity contribution is 6.31. The number of aromatic nitrogens is 1. The van der Waals surface area contributed by atoms with Gasteiger partial charge in [0.1, 0.15) is 17.1 Å². The first-order chi connectivity index (χ1) is 14.5. The van der Waals surface area contributed by atoms with Gasteiger partial charge in [-0.3, -0.25) is 9.59 Å². The van der Waals surface area contributed by atoms with Crippen LogP contribution in [0.4, 0.5) is 0 Å². The van der Waals surface area contributed by atoms with E-state index >= 15 is 0 Å². The molecule has 0 radical (unpaired) electrons. The van der Waals surface area contributed by atoms with Gasteiger partial charge in [-0.05, 0) is 42.0 Å². The summed E-state index contributed by atoms with van der Waals surface area (Å²) in [7, 11) is 3.08. The van der Waals surface area contributed by atoms with Crippen LogP contribution in [-0.2, 0) is 6.54 Å². The van der Waals surface area contributed by atoms with Gasteiger partial charge in [-0.1, -0.05) is 29.8 Å². The van der Waals surface area contributed by atoms with Crippen molar-refractivity contribution in [2.24, 2.45) is 5.10 Å². The van der Waals surface area contributed by atoms with Gasteiger partial charge in [0.05, 0.1) is 27.0 Å². The van der Waals surface area contributed by atoms with Gasteiger partial charge in [0.25, 0.3) is 11.5 Å². The summed E-state index contributed by atoms with van der Waals surface area (Å²) in [4.78, 5) is 25.2. The van der Waals surface area contributed by atoms with Crippen LogP contribution in [0.15, 0.2) is 70.7 Å². The fourth-order valence-electron chi connectivity index (χ4n) is 2.81. The third kappa shape index (κ3) is 4.87. The topological polar surface area (TPSA) is 81.9 Å². The normalized spacial score (nSPS) is 10.8. The van der Waals surface area contributed by atoms with E-state index < -0.39 is 11.5 Å². The Kier molecular flexibility index (Phi) is 6.87. The quantitative estimate of drug-likeness (QED) is 0.465. The zero-order valence-corrected chi connectivity index (χ0v) is 17.2. The third-order valence-electron chi connectivity index (χ3n) is 4.37. The molecule has 1 amide bonds. The molecule has 8 heteroatoms. The molecule has 0 fully saturated rings. The monoisotopic (exact) mass is 425 g/mol. The van der Waals surface area contributed by atoms with Gasteiger partial charge in [-0.15, -0.1) is 0 Å². The molecule has 0 aliphatic heterocycles. The van der Waals surface area contributed by atoms with Crippen LogP contribution in [0, 0.1) is 0 Å². The molecule has 0 unspecified atom stereocenters. The first-order valence-electron chi connectivity index (χ1n) is 9.01. The van der Waals surface area contributed by atoms with E-state index in [0.29, 0.717) is 22.1 Å². The maximum Gasteiger partial charge on any atom is 0.276 e. The van der Waals surface area contributed by atoms with Crippen molar-refractivity contribution in [2.75, 3.05) is 14.2 Å². The minimum absolute atomic E-state index is 0.0284. The number of halogens is 1. The van der Waals surface area contributed by atoms with Gasteiger partial charge in [0.15, 0.2) is 0 Å². The van der Waals surface area contributed by atoms with E-state index in [1.54, 1.807) is 43.6 Å². The number of hydrogen-bond acceptors (Lipinski definition) is 5. The number of hydrogen-bond donors (Lipinski definition) is 1. The number of nitrogens with one attached hydrogen (secondary N) is 1. The van der Waals surface area contributed by atoms with Crippen molar-refractivity contribution < 1.29 is 14.3 Å². The second-order valence-electron chi connectivity index (χ2n) is 6.25. The number of benzene rings is 2. The number of methoxy groups -OCH3 is 2. The van der Waals surface area contributed by atoms with Gasteiger partial charge in [0.2, 0.25) is 0 Å². The van der Waals surface area contributed by atoms with E-state index in [1.807, 2.05) is 18.2 Å². The van der Waals surface area contributed by atoms with Gasteiger partial charge >= 0.3 is 0 Å². The van der Waals surface area contributed by atoms with E-state index in [-0.39, 0.29) is 12.1 Å². The molecule has 0 aliphatic carbocycles. The zero-order valence-electron chi connectivity index (χ0n) is 16.5. The third-order valence-corrected chi connectivity index (χ3v) is 4.74. The fourth-order valence-corrected chi connectivity index (χ4v) is 3.00. The van der Waals surface area contributed by atoms with Crippen LogP contribution in [-0.4, -0.2) is 30.9 Å². The Balaban J connectivity index is 1.77. The fraction of sp³-hybridized carbons (Fsp3) is 0.136. The molecule has 30 heavy (non-hydrogen) atoms. The molecule has 0 saturated carbocycles. The Bertz CT molecular complexity index is 1140. The van der Waals surface area contributed by atoms with Gasteiger partial charge < -0.3 is 14.0 Å². The van der Waals surface area contributed by atoms with Crippen molar-refractivity contribution in [2.45, 2.75) is 6.54 Å². The molecule has 2 aromatic carbocycles. The predicted molar refractivity (Wildman–Crippen MR) is 116 cm³/mol. The maximum absolute atomic E-state index is 12.7. The van der Waals surface area contributed by atoms with Crippen LogP contribution in [0.5, 0.6) is 11.5 Å². The lowest BCUT2D eigenvalue weighted by atomic mass is 10.2. The summed E-state index contributed by atoms with van der Waals surface area (Å²) < 4.78 is 11.9. The van der Waals surface area contributed by atoms with Crippen molar-refractivity contribution >= 4 is 23.7 Å². The van der Waals surface area contributed by atoms with Gasteiger partial charge in [0, 0.05) is 16.8 Å². The summed E-state index contributed by atoms with van der Waals surface area (Å²) in [6.45, 7) is 0.254. The van der Waals surface area contributed by atoms with Crippen LogP contribution < -0.4 is 20.5 Å². The predicted octanol–water partition coefficient (Wildman–Crippen LogP) is 3.33. The first-order valence-corrected chi connectivity index (χ1v) is 9.39. The molecule has 1 heterocycles. The highest BCUT2D eigenvalue weighted by Gasteiger charge is 2.12. The van der Waals surface area contributed by atoms with E-state index in [0.717, 1.165) is 5.56 Å².